The van der Waals surface area contributed by atoms with Gasteiger partial charge in [-0.2, -0.15) is 4.02 Å². The molecule has 0 spiro atoms. The van der Waals surface area contributed by atoms with Crippen LogP contribution in [-0.2, 0) is 21.5 Å². The van der Waals surface area contributed by atoms with Crippen LogP contribution in [0.1, 0.15) is 80.4 Å². The fraction of sp³-hybridized carbons (Fsp3) is 0.559. The molecule has 0 saturated carbocycles. The van der Waals surface area contributed by atoms with Gasteiger partial charge in [-0.15, -0.1) is 0 Å². The lowest BCUT2D eigenvalue weighted by molar-refractivity contribution is -0.144. The molecular formula is C34H47BrN4O3. The minimum Gasteiger partial charge on any atom is -0.465 e. The van der Waals surface area contributed by atoms with E-state index in [4.69, 9.17) is 4.74 Å². The Morgan fingerprint density at radius 1 is 0.976 bits per heavy atom. The van der Waals surface area contributed by atoms with E-state index in [1.54, 1.807) is 0 Å². The van der Waals surface area contributed by atoms with Gasteiger partial charge in [0.05, 0.1) is 35.8 Å². The Labute approximate surface area is 260 Å². The van der Waals surface area contributed by atoms with Gasteiger partial charge in [-0.3, -0.25) is 19.4 Å². The van der Waals surface area contributed by atoms with Crippen LogP contribution in [-0.4, -0.2) is 84.7 Å². The zero-order chi connectivity index (χ0) is 30.3. The van der Waals surface area contributed by atoms with Crippen LogP contribution in [0.15, 0.2) is 52.5 Å². The van der Waals surface area contributed by atoms with E-state index in [9.17, 15) is 9.59 Å². The Morgan fingerprint density at radius 2 is 1.67 bits per heavy atom. The van der Waals surface area contributed by atoms with Gasteiger partial charge in [0, 0.05) is 50.7 Å². The quantitative estimate of drug-likeness (QED) is 0.220. The SMILES string of the molecule is CCC[C@H]1CN(CC(=O)c2cc(CN3CCN(CC(=O)OCC)CC3)cc(C(C)(C)C)c2)C(=NBr)[C@@H]1c1ccccc1. The molecule has 0 radical (unpaired) electrons. The number of ketones is 1. The predicted octanol–water partition coefficient (Wildman–Crippen LogP) is 6.07. The molecule has 7 nitrogen and oxygen atoms in total. The van der Waals surface area contributed by atoms with Crippen molar-refractivity contribution in [2.45, 2.75) is 65.3 Å². The number of piperazine rings is 1. The van der Waals surface area contributed by atoms with E-state index >= 15 is 0 Å². The second kappa shape index (κ2) is 14.8. The van der Waals surface area contributed by atoms with Gasteiger partial charge in [-0.1, -0.05) is 70.5 Å². The number of hydrogen-bond acceptors (Lipinski definition) is 6. The number of esters is 1. The molecule has 0 N–H and O–H groups in total. The van der Waals surface area contributed by atoms with Gasteiger partial charge >= 0.3 is 5.97 Å². The van der Waals surface area contributed by atoms with Crippen LogP contribution in [0.5, 0.6) is 0 Å². The molecule has 0 aromatic heterocycles. The highest BCUT2D eigenvalue weighted by Gasteiger charge is 2.39. The van der Waals surface area contributed by atoms with Crippen molar-refractivity contribution in [3.63, 3.8) is 0 Å². The first-order chi connectivity index (χ1) is 20.1. The molecule has 0 bridgehead atoms. The van der Waals surface area contributed by atoms with E-state index in [-0.39, 0.29) is 23.1 Å². The third-order valence-corrected chi connectivity index (χ3v) is 8.84. The van der Waals surface area contributed by atoms with Crippen LogP contribution in [0.3, 0.4) is 0 Å². The minimum absolute atomic E-state index is 0.0792. The zero-order valence-electron chi connectivity index (χ0n) is 25.9. The van der Waals surface area contributed by atoms with Crippen LogP contribution in [0.25, 0.3) is 0 Å². The lowest BCUT2D eigenvalue weighted by Gasteiger charge is -2.34. The maximum Gasteiger partial charge on any atom is 0.320 e. The van der Waals surface area contributed by atoms with Gasteiger partial charge < -0.3 is 9.64 Å². The smallest absolute Gasteiger partial charge is 0.320 e. The highest BCUT2D eigenvalue weighted by molar-refractivity contribution is 9.08. The summed E-state index contributed by atoms with van der Waals surface area (Å²) in [6, 6.07) is 17.0. The molecule has 2 fully saturated rings. The van der Waals surface area contributed by atoms with E-state index in [1.165, 1.54) is 11.1 Å². The number of nitrogens with zero attached hydrogens (tertiary/aromatic N) is 4. The highest BCUT2D eigenvalue weighted by Crippen LogP contribution is 2.38. The molecule has 4 rings (SSSR count). The third-order valence-electron chi connectivity index (χ3n) is 8.48. The number of halogens is 1. The molecule has 2 saturated heterocycles. The van der Waals surface area contributed by atoms with Crippen molar-refractivity contribution in [2.24, 2.45) is 9.94 Å². The van der Waals surface area contributed by atoms with Crippen molar-refractivity contribution in [3.05, 3.63) is 70.8 Å². The molecule has 2 aromatic carbocycles. The highest BCUT2D eigenvalue weighted by atomic mass is 79.9. The number of Topliss-reactive ketones (excluding diaryl/α,β-unsaturated/α-hetero) is 1. The fourth-order valence-corrected chi connectivity index (χ4v) is 6.69. The standard InChI is InChI=1S/C34H47BrN4O3/c1-6-11-27-22-39(33(36-35)32(27)26-12-9-8-10-13-26)23-30(40)28-18-25(19-29(20-28)34(3,4)5)21-37-14-16-38(17-15-37)24-31(41)42-7-2/h8-10,12-13,18-20,27,32H,6-7,11,14-17,21-24H2,1-5H3/t27-,32+/m0/s1. The zero-order valence-corrected chi connectivity index (χ0v) is 27.5. The van der Waals surface area contributed by atoms with Crippen LogP contribution in [0.4, 0.5) is 0 Å². The fourth-order valence-electron chi connectivity index (χ4n) is 6.25. The summed E-state index contributed by atoms with van der Waals surface area (Å²) in [7, 11) is 0. The maximum atomic E-state index is 13.9. The summed E-state index contributed by atoms with van der Waals surface area (Å²) in [4.78, 5) is 32.6. The number of likely N-dealkylation sites (tertiary alicyclic amines) is 1. The largest absolute Gasteiger partial charge is 0.465 e. The summed E-state index contributed by atoms with van der Waals surface area (Å²) >= 11 is 3.41. The Bertz CT molecular complexity index is 1240. The monoisotopic (exact) mass is 638 g/mol. The Balaban J connectivity index is 1.49. The molecule has 0 amide bonds. The van der Waals surface area contributed by atoms with Crippen molar-refractivity contribution < 1.29 is 14.3 Å². The van der Waals surface area contributed by atoms with Crippen LogP contribution in [0.2, 0.25) is 0 Å². The van der Waals surface area contributed by atoms with E-state index in [2.05, 4.69) is 105 Å². The Morgan fingerprint density at radius 3 is 2.29 bits per heavy atom. The second-order valence-corrected chi connectivity index (χ2v) is 13.1. The topological polar surface area (TPSA) is 65.5 Å². The number of rotatable bonds is 11. The second-order valence-electron chi connectivity index (χ2n) is 12.7. The molecule has 2 heterocycles. The van der Waals surface area contributed by atoms with Gasteiger partial charge in [0.25, 0.3) is 0 Å². The number of hydrogen-bond donors (Lipinski definition) is 0. The molecule has 42 heavy (non-hydrogen) atoms. The Hall–Kier alpha value is -2.55. The molecule has 0 unspecified atom stereocenters. The lowest BCUT2D eigenvalue weighted by Crippen LogP contribution is -2.47. The molecule has 2 aromatic rings. The average molecular weight is 640 g/mol. The first-order valence-electron chi connectivity index (χ1n) is 15.4. The number of benzene rings is 2. The average Bonchev–Trinajstić information content (AvgIpc) is 3.30. The van der Waals surface area contributed by atoms with Crippen molar-refractivity contribution in [3.8, 4) is 0 Å². The lowest BCUT2D eigenvalue weighted by atomic mass is 9.84. The summed E-state index contributed by atoms with van der Waals surface area (Å²) in [5, 5.41) is 0. The van der Waals surface area contributed by atoms with Gasteiger partial charge in [0.1, 0.15) is 5.84 Å². The molecule has 0 aliphatic carbocycles. The van der Waals surface area contributed by atoms with Crippen molar-refractivity contribution in [1.29, 1.82) is 0 Å². The number of carbonyl (C=O) groups excluding carboxylic acids is 2. The van der Waals surface area contributed by atoms with Gasteiger partial charge in [-0.25, -0.2) is 0 Å². The summed E-state index contributed by atoms with van der Waals surface area (Å²) in [5.41, 5.74) is 4.27. The van der Waals surface area contributed by atoms with Crippen molar-refractivity contribution in [2.75, 3.05) is 52.4 Å². The summed E-state index contributed by atoms with van der Waals surface area (Å²) in [6.07, 6.45) is 2.19. The van der Waals surface area contributed by atoms with E-state index in [0.717, 1.165) is 69.1 Å². The summed E-state index contributed by atoms with van der Waals surface area (Å²) < 4.78 is 9.67. The van der Waals surface area contributed by atoms with Gasteiger partial charge in [0.2, 0.25) is 0 Å². The van der Waals surface area contributed by atoms with E-state index < -0.39 is 0 Å². The molecule has 8 heteroatoms. The first-order valence-corrected chi connectivity index (χ1v) is 16.1. The summed E-state index contributed by atoms with van der Waals surface area (Å²) in [6.45, 7) is 16.7. The molecular weight excluding hydrogens is 592 g/mol. The molecule has 2 aliphatic rings. The molecule has 2 atom stereocenters. The summed E-state index contributed by atoms with van der Waals surface area (Å²) in [5.74, 6) is 1.51. The normalized spacial score (nSPS) is 21.2. The van der Waals surface area contributed by atoms with Crippen LogP contribution in [0, 0.1) is 5.92 Å². The maximum absolute atomic E-state index is 13.9. The first kappa shape index (κ1) is 32.4. The van der Waals surface area contributed by atoms with E-state index in [1.807, 2.05) is 13.0 Å². The molecule has 2 aliphatic heterocycles. The Kier molecular flexibility index (Phi) is 11.4. The van der Waals surface area contributed by atoms with Crippen LogP contribution >= 0.6 is 16.1 Å². The number of amidine groups is 1. The van der Waals surface area contributed by atoms with E-state index in [0.29, 0.717) is 25.6 Å². The van der Waals surface area contributed by atoms with Crippen molar-refractivity contribution >= 4 is 33.7 Å². The van der Waals surface area contributed by atoms with Crippen molar-refractivity contribution in [1.82, 2.24) is 14.7 Å². The third kappa shape index (κ3) is 8.29. The number of carbonyl (C=O) groups is 2. The van der Waals surface area contributed by atoms with Crippen LogP contribution < -0.4 is 0 Å². The van der Waals surface area contributed by atoms with Gasteiger partial charge in [0.15, 0.2) is 5.78 Å². The molecule has 228 valence electrons. The minimum atomic E-state index is -0.158. The van der Waals surface area contributed by atoms with Gasteiger partial charge in [-0.05, 0) is 53.5 Å². The predicted molar refractivity (Wildman–Crippen MR) is 173 cm³/mol. The number of ether oxygens (including phenoxy) is 1.